The minimum Gasteiger partial charge on any atom is -0.382 e. The molecule has 0 aromatic carbocycles. The summed E-state index contributed by atoms with van der Waals surface area (Å²) in [7, 11) is 0. The van der Waals surface area contributed by atoms with Crippen LogP contribution in [-0.4, -0.2) is 19.8 Å². The lowest BCUT2D eigenvalue weighted by molar-refractivity contribution is 0.145. The van der Waals surface area contributed by atoms with Gasteiger partial charge in [0.25, 0.3) is 0 Å². The Morgan fingerprint density at radius 2 is 2.36 bits per heavy atom. The quantitative estimate of drug-likeness (QED) is 0.553. The zero-order chi connectivity index (χ0) is 10.2. The summed E-state index contributed by atoms with van der Waals surface area (Å²) < 4.78 is 5.24. The molecule has 1 aliphatic heterocycles. The van der Waals surface area contributed by atoms with E-state index in [4.69, 9.17) is 4.74 Å². The third-order valence-corrected chi connectivity index (χ3v) is 1.86. The summed E-state index contributed by atoms with van der Waals surface area (Å²) in [4.78, 5) is 0. The van der Waals surface area contributed by atoms with E-state index in [1.54, 1.807) is 0 Å². The second-order valence-corrected chi connectivity index (χ2v) is 3.19. The van der Waals surface area contributed by atoms with E-state index in [-0.39, 0.29) is 0 Å². The first-order valence-electron chi connectivity index (χ1n) is 5.04. The molecule has 1 aliphatic rings. The van der Waals surface area contributed by atoms with Gasteiger partial charge in [-0.3, -0.25) is 5.43 Å². The molecule has 0 saturated heterocycles. The molecule has 0 bridgehead atoms. The Morgan fingerprint density at radius 1 is 1.50 bits per heavy atom. The van der Waals surface area contributed by atoms with E-state index in [1.807, 2.05) is 13.1 Å². The van der Waals surface area contributed by atoms with Gasteiger partial charge in [0.1, 0.15) is 5.82 Å². The van der Waals surface area contributed by atoms with Crippen molar-refractivity contribution >= 4 is 0 Å². The standard InChI is InChI=1S/C10H19N3O/c1-3-14-6-4-5-11-10-7-9(2)8-12-13-10/h7-8,11-13H,3-6H2,1-2H3. The number of hydrogen-bond donors (Lipinski definition) is 3. The molecular formula is C10H19N3O. The number of nitrogens with one attached hydrogen (secondary N) is 3. The summed E-state index contributed by atoms with van der Waals surface area (Å²) in [6.07, 6.45) is 5.01. The molecule has 14 heavy (non-hydrogen) atoms. The Hall–Kier alpha value is -1.16. The lowest BCUT2D eigenvalue weighted by Crippen LogP contribution is -2.37. The molecule has 1 heterocycles. The summed E-state index contributed by atoms with van der Waals surface area (Å²) in [6.45, 7) is 6.60. The van der Waals surface area contributed by atoms with Crippen LogP contribution in [0.2, 0.25) is 0 Å². The normalized spacial score (nSPS) is 15.0. The van der Waals surface area contributed by atoms with E-state index in [9.17, 15) is 0 Å². The van der Waals surface area contributed by atoms with Crippen LogP contribution in [0.25, 0.3) is 0 Å². The minimum atomic E-state index is 0.796. The maximum absolute atomic E-state index is 5.24. The van der Waals surface area contributed by atoms with Crippen LogP contribution in [0.15, 0.2) is 23.7 Å². The van der Waals surface area contributed by atoms with E-state index >= 15 is 0 Å². The molecule has 1 rings (SSSR count). The van der Waals surface area contributed by atoms with Crippen LogP contribution in [0.3, 0.4) is 0 Å². The van der Waals surface area contributed by atoms with E-state index in [0.717, 1.165) is 32.0 Å². The van der Waals surface area contributed by atoms with Crippen LogP contribution in [0, 0.1) is 0 Å². The fourth-order valence-electron chi connectivity index (χ4n) is 1.17. The van der Waals surface area contributed by atoms with E-state index in [2.05, 4.69) is 29.2 Å². The molecule has 0 aromatic rings. The van der Waals surface area contributed by atoms with Gasteiger partial charge in [-0.1, -0.05) is 0 Å². The molecule has 80 valence electrons. The fourth-order valence-corrected chi connectivity index (χ4v) is 1.17. The van der Waals surface area contributed by atoms with Gasteiger partial charge in [-0.2, -0.15) is 0 Å². The van der Waals surface area contributed by atoms with Crippen molar-refractivity contribution in [3.63, 3.8) is 0 Å². The highest BCUT2D eigenvalue weighted by Gasteiger charge is 1.99. The second-order valence-electron chi connectivity index (χ2n) is 3.19. The van der Waals surface area contributed by atoms with Gasteiger partial charge in [0.2, 0.25) is 0 Å². The van der Waals surface area contributed by atoms with Gasteiger partial charge in [-0.15, -0.1) is 0 Å². The molecule has 0 fully saturated rings. The predicted octanol–water partition coefficient (Wildman–Crippen LogP) is 0.856. The highest BCUT2D eigenvalue weighted by molar-refractivity contribution is 5.22. The molecule has 4 nitrogen and oxygen atoms in total. The first-order valence-corrected chi connectivity index (χ1v) is 5.04. The number of hydrogen-bond acceptors (Lipinski definition) is 4. The molecule has 3 N–H and O–H groups in total. The van der Waals surface area contributed by atoms with E-state index < -0.39 is 0 Å². The van der Waals surface area contributed by atoms with Crippen molar-refractivity contribution in [2.24, 2.45) is 0 Å². The largest absolute Gasteiger partial charge is 0.382 e. The molecular weight excluding hydrogens is 178 g/mol. The number of hydrazine groups is 1. The molecule has 0 amide bonds. The average Bonchev–Trinajstić information content (AvgIpc) is 2.18. The fraction of sp³-hybridized carbons (Fsp3) is 0.600. The highest BCUT2D eigenvalue weighted by Crippen LogP contribution is 1.99. The van der Waals surface area contributed by atoms with Crippen molar-refractivity contribution in [1.82, 2.24) is 16.2 Å². The zero-order valence-electron chi connectivity index (χ0n) is 8.89. The molecule has 0 radical (unpaired) electrons. The summed E-state index contributed by atoms with van der Waals surface area (Å²) in [5.74, 6) is 1.02. The van der Waals surface area contributed by atoms with Gasteiger partial charge < -0.3 is 15.5 Å². The Kier molecular flexibility index (Phi) is 4.93. The molecule has 0 aliphatic carbocycles. The molecule has 4 heteroatoms. The molecule has 0 saturated carbocycles. The van der Waals surface area contributed by atoms with Crippen molar-refractivity contribution in [3.8, 4) is 0 Å². The monoisotopic (exact) mass is 197 g/mol. The topological polar surface area (TPSA) is 45.3 Å². The van der Waals surface area contributed by atoms with Crippen molar-refractivity contribution < 1.29 is 4.74 Å². The Morgan fingerprint density at radius 3 is 3.07 bits per heavy atom. The second kappa shape index (κ2) is 6.32. The Bertz CT molecular complexity index is 223. The molecule has 0 spiro atoms. The summed E-state index contributed by atoms with van der Waals surface area (Å²) in [5, 5.41) is 3.28. The maximum Gasteiger partial charge on any atom is 0.118 e. The van der Waals surface area contributed by atoms with Gasteiger partial charge in [0.05, 0.1) is 0 Å². The van der Waals surface area contributed by atoms with Gasteiger partial charge >= 0.3 is 0 Å². The molecule has 0 unspecified atom stereocenters. The van der Waals surface area contributed by atoms with Gasteiger partial charge in [-0.25, -0.2) is 0 Å². The smallest absolute Gasteiger partial charge is 0.118 e. The van der Waals surface area contributed by atoms with Crippen LogP contribution < -0.4 is 16.2 Å². The Balaban J connectivity index is 2.09. The minimum absolute atomic E-state index is 0.796. The van der Waals surface area contributed by atoms with Crippen molar-refractivity contribution in [2.45, 2.75) is 20.3 Å². The van der Waals surface area contributed by atoms with Gasteiger partial charge in [-0.05, 0) is 31.9 Å². The van der Waals surface area contributed by atoms with Crippen molar-refractivity contribution in [2.75, 3.05) is 19.8 Å². The van der Waals surface area contributed by atoms with Crippen LogP contribution in [0.1, 0.15) is 20.3 Å². The first-order chi connectivity index (χ1) is 6.83. The van der Waals surface area contributed by atoms with Crippen LogP contribution in [-0.2, 0) is 4.74 Å². The van der Waals surface area contributed by atoms with Crippen LogP contribution >= 0.6 is 0 Å². The molecule has 0 aromatic heterocycles. The SMILES string of the molecule is CCOCCCNC1=CC(C)=CNN1. The van der Waals surface area contributed by atoms with Crippen molar-refractivity contribution in [1.29, 1.82) is 0 Å². The predicted molar refractivity (Wildman–Crippen MR) is 57.2 cm³/mol. The molecule has 0 atom stereocenters. The summed E-state index contributed by atoms with van der Waals surface area (Å²) >= 11 is 0. The number of ether oxygens (including phenoxy) is 1. The van der Waals surface area contributed by atoms with Crippen molar-refractivity contribution in [3.05, 3.63) is 23.7 Å². The Labute approximate surface area is 85.4 Å². The highest BCUT2D eigenvalue weighted by atomic mass is 16.5. The first kappa shape index (κ1) is 10.9. The van der Waals surface area contributed by atoms with Crippen LogP contribution in [0.5, 0.6) is 0 Å². The van der Waals surface area contributed by atoms with Crippen LogP contribution in [0.4, 0.5) is 0 Å². The van der Waals surface area contributed by atoms with Gasteiger partial charge in [0, 0.05) is 26.0 Å². The zero-order valence-corrected chi connectivity index (χ0v) is 8.89. The maximum atomic E-state index is 5.24. The van der Waals surface area contributed by atoms with E-state index in [0.29, 0.717) is 0 Å². The third kappa shape index (κ3) is 4.18. The lowest BCUT2D eigenvalue weighted by atomic mass is 10.3. The summed E-state index contributed by atoms with van der Waals surface area (Å²) in [6, 6.07) is 0. The van der Waals surface area contributed by atoms with Gasteiger partial charge in [0.15, 0.2) is 0 Å². The van der Waals surface area contributed by atoms with E-state index in [1.165, 1.54) is 5.57 Å². The number of allylic oxidation sites excluding steroid dienone is 2. The third-order valence-electron chi connectivity index (χ3n) is 1.86. The summed E-state index contributed by atoms with van der Waals surface area (Å²) in [5.41, 5.74) is 7.19. The lowest BCUT2D eigenvalue weighted by Gasteiger charge is -2.17. The number of rotatable bonds is 6. The average molecular weight is 197 g/mol.